The molecule has 114 valence electrons. The Balaban J connectivity index is 3.72. The normalized spacial score (nSPS) is 10.7. The largest absolute Gasteiger partial charge is 0.450 e. The Morgan fingerprint density at radius 1 is 0.947 bits per heavy atom. The first kappa shape index (κ1) is 18.2. The Hall–Kier alpha value is -0.770. The SMILES string of the molecule is CCCCCN(CCCCC)CCCOC(=O)NC. The molecule has 0 saturated heterocycles. The fraction of sp³-hybridized carbons (Fsp3) is 0.933. The predicted molar refractivity (Wildman–Crippen MR) is 80.5 cm³/mol. The van der Waals surface area contributed by atoms with Crippen LogP contribution in [-0.4, -0.2) is 44.3 Å². The minimum atomic E-state index is -0.330. The Kier molecular flexibility index (Phi) is 13.1. The second-order valence-corrected chi connectivity index (χ2v) is 5.00. The van der Waals surface area contributed by atoms with E-state index in [0.29, 0.717) is 6.61 Å². The maximum Gasteiger partial charge on any atom is 0.406 e. The van der Waals surface area contributed by atoms with Crippen molar-refractivity contribution in [3.05, 3.63) is 0 Å². The van der Waals surface area contributed by atoms with E-state index in [2.05, 4.69) is 24.1 Å². The van der Waals surface area contributed by atoms with Gasteiger partial charge in [0.25, 0.3) is 0 Å². The molecular formula is C15H32N2O2. The molecule has 0 atom stereocenters. The summed E-state index contributed by atoms with van der Waals surface area (Å²) in [7, 11) is 1.59. The van der Waals surface area contributed by atoms with E-state index in [0.717, 1.165) is 13.0 Å². The van der Waals surface area contributed by atoms with Crippen LogP contribution in [0, 0.1) is 0 Å². The standard InChI is InChI=1S/C15H32N2O2/c1-4-6-8-11-17(12-9-7-5-2)13-10-14-19-15(18)16-3/h4-14H2,1-3H3,(H,16,18). The molecule has 0 saturated carbocycles. The van der Waals surface area contributed by atoms with Crippen LogP contribution in [0.1, 0.15) is 58.8 Å². The fourth-order valence-electron chi connectivity index (χ4n) is 2.03. The van der Waals surface area contributed by atoms with Gasteiger partial charge in [0, 0.05) is 13.6 Å². The number of ether oxygens (including phenoxy) is 1. The summed E-state index contributed by atoms with van der Waals surface area (Å²) >= 11 is 0. The van der Waals surface area contributed by atoms with Crippen molar-refractivity contribution >= 4 is 6.09 Å². The quantitative estimate of drug-likeness (QED) is 0.554. The lowest BCUT2D eigenvalue weighted by Gasteiger charge is -2.22. The lowest BCUT2D eigenvalue weighted by molar-refractivity contribution is 0.139. The topological polar surface area (TPSA) is 41.6 Å². The van der Waals surface area contributed by atoms with E-state index in [1.54, 1.807) is 7.05 Å². The number of hydrogen-bond acceptors (Lipinski definition) is 3. The van der Waals surface area contributed by atoms with Crippen molar-refractivity contribution in [2.45, 2.75) is 58.8 Å². The van der Waals surface area contributed by atoms with Crippen molar-refractivity contribution in [1.82, 2.24) is 10.2 Å². The molecular weight excluding hydrogens is 240 g/mol. The number of hydrogen-bond donors (Lipinski definition) is 1. The van der Waals surface area contributed by atoms with Crippen LogP contribution < -0.4 is 5.32 Å². The van der Waals surface area contributed by atoms with Gasteiger partial charge in [-0.2, -0.15) is 0 Å². The van der Waals surface area contributed by atoms with Crippen LogP contribution in [0.3, 0.4) is 0 Å². The highest BCUT2D eigenvalue weighted by molar-refractivity contribution is 5.66. The van der Waals surface area contributed by atoms with Gasteiger partial charge in [-0.3, -0.25) is 0 Å². The summed E-state index contributed by atoms with van der Waals surface area (Å²) < 4.78 is 5.02. The van der Waals surface area contributed by atoms with Gasteiger partial charge in [0.15, 0.2) is 0 Å². The van der Waals surface area contributed by atoms with Gasteiger partial charge in [-0.1, -0.05) is 39.5 Å². The average Bonchev–Trinajstić information content (AvgIpc) is 2.43. The molecule has 0 aliphatic heterocycles. The van der Waals surface area contributed by atoms with Crippen molar-refractivity contribution in [3.8, 4) is 0 Å². The monoisotopic (exact) mass is 272 g/mol. The molecule has 0 unspecified atom stereocenters. The summed E-state index contributed by atoms with van der Waals surface area (Å²) in [5.41, 5.74) is 0. The zero-order chi connectivity index (χ0) is 14.3. The number of rotatable bonds is 12. The van der Waals surface area contributed by atoms with Crippen LogP contribution in [0.25, 0.3) is 0 Å². The van der Waals surface area contributed by atoms with Crippen LogP contribution in [0.15, 0.2) is 0 Å². The maximum absolute atomic E-state index is 10.9. The number of unbranched alkanes of at least 4 members (excludes halogenated alkanes) is 4. The van der Waals surface area contributed by atoms with Crippen LogP contribution in [0.2, 0.25) is 0 Å². The molecule has 1 amide bonds. The Morgan fingerprint density at radius 2 is 1.47 bits per heavy atom. The first-order valence-corrected chi connectivity index (χ1v) is 7.81. The molecule has 0 heterocycles. The minimum absolute atomic E-state index is 0.330. The van der Waals surface area contributed by atoms with Crippen LogP contribution >= 0.6 is 0 Å². The zero-order valence-corrected chi connectivity index (χ0v) is 13.0. The zero-order valence-electron chi connectivity index (χ0n) is 13.0. The average molecular weight is 272 g/mol. The van der Waals surface area contributed by atoms with Crippen LogP contribution in [-0.2, 0) is 4.74 Å². The highest BCUT2D eigenvalue weighted by Gasteiger charge is 2.05. The summed E-state index contributed by atoms with van der Waals surface area (Å²) in [6, 6.07) is 0. The molecule has 0 aliphatic carbocycles. The van der Waals surface area contributed by atoms with E-state index in [1.807, 2.05) is 0 Å². The second kappa shape index (κ2) is 13.7. The third-order valence-corrected chi connectivity index (χ3v) is 3.21. The van der Waals surface area contributed by atoms with E-state index in [1.165, 1.54) is 51.6 Å². The van der Waals surface area contributed by atoms with Gasteiger partial charge in [-0.25, -0.2) is 4.79 Å². The summed E-state index contributed by atoms with van der Waals surface area (Å²) in [4.78, 5) is 13.4. The Bertz CT molecular complexity index is 200. The maximum atomic E-state index is 10.9. The molecule has 4 heteroatoms. The Labute approximate surface area is 118 Å². The van der Waals surface area contributed by atoms with Crippen molar-refractivity contribution in [2.24, 2.45) is 0 Å². The van der Waals surface area contributed by atoms with E-state index in [4.69, 9.17) is 4.74 Å². The van der Waals surface area contributed by atoms with Gasteiger partial charge in [0.2, 0.25) is 0 Å². The number of nitrogens with one attached hydrogen (secondary N) is 1. The fourth-order valence-corrected chi connectivity index (χ4v) is 2.03. The van der Waals surface area contributed by atoms with E-state index < -0.39 is 0 Å². The number of amides is 1. The summed E-state index contributed by atoms with van der Waals surface area (Å²) in [5.74, 6) is 0. The molecule has 0 bridgehead atoms. The summed E-state index contributed by atoms with van der Waals surface area (Å²) in [5, 5.41) is 2.46. The van der Waals surface area contributed by atoms with Crippen molar-refractivity contribution in [3.63, 3.8) is 0 Å². The van der Waals surface area contributed by atoms with Gasteiger partial charge in [0.05, 0.1) is 6.61 Å². The molecule has 0 aromatic heterocycles. The number of nitrogens with zero attached hydrogens (tertiary/aromatic N) is 1. The minimum Gasteiger partial charge on any atom is -0.450 e. The summed E-state index contributed by atoms with van der Waals surface area (Å²) in [6.07, 6.45) is 8.29. The van der Waals surface area contributed by atoms with Gasteiger partial charge in [-0.05, 0) is 32.4 Å². The van der Waals surface area contributed by atoms with E-state index in [9.17, 15) is 4.79 Å². The molecule has 0 radical (unpaired) electrons. The molecule has 19 heavy (non-hydrogen) atoms. The highest BCUT2D eigenvalue weighted by Crippen LogP contribution is 2.03. The molecule has 0 rings (SSSR count). The summed E-state index contributed by atoms with van der Waals surface area (Å²) in [6.45, 7) is 8.37. The lowest BCUT2D eigenvalue weighted by atomic mass is 10.2. The number of carbonyl (C=O) groups is 1. The van der Waals surface area contributed by atoms with Crippen molar-refractivity contribution in [2.75, 3.05) is 33.3 Å². The molecule has 0 fully saturated rings. The second-order valence-electron chi connectivity index (χ2n) is 5.00. The first-order chi connectivity index (χ1) is 9.24. The van der Waals surface area contributed by atoms with Gasteiger partial charge >= 0.3 is 6.09 Å². The molecule has 0 aromatic rings. The first-order valence-electron chi connectivity index (χ1n) is 7.81. The highest BCUT2D eigenvalue weighted by atomic mass is 16.5. The molecule has 1 N–H and O–H groups in total. The molecule has 0 aromatic carbocycles. The van der Waals surface area contributed by atoms with Crippen molar-refractivity contribution < 1.29 is 9.53 Å². The van der Waals surface area contributed by atoms with Gasteiger partial charge < -0.3 is 15.0 Å². The third kappa shape index (κ3) is 12.0. The number of alkyl carbamates (subject to hydrolysis) is 1. The predicted octanol–water partition coefficient (Wildman–Crippen LogP) is 3.41. The third-order valence-electron chi connectivity index (χ3n) is 3.21. The van der Waals surface area contributed by atoms with Crippen molar-refractivity contribution in [1.29, 1.82) is 0 Å². The molecule has 0 spiro atoms. The van der Waals surface area contributed by atoms with Crippen LogP contribution in [0.4, 0.5) is 4.79 Å². The molecule has 4 nitrogen and oxygen atoms in total. The van der Waals surface area contributed by atoms with E-state index >= 15 is 0 Å². The van der Waals surface area contributed by atoms with Crippen LogP contribution in [0.5, 0.6) is 0 Å². The smallest absolute Gasteiger partial charge is 0.406 e. The lowest BCUT2D eigenvalue weighted by Crippen LogP contribution is -2.29. The van der Waals surface area contributed by atoms with E-state index in [-0.39, 0.29) is 6.09 Å². The Morgan fingerprint density at radius 3 is 1.95 bits per heavy atom. The number of carbonyl (C=O) groups excluding carboxylic acids is 1. The van der Waals surface area contributed by atoms with Gasteiger partial charge in [0.1, 0.15) is 0 Å². The van der Waals surface area contributed by atoms with Gasteiger partial charge in [-0.15, -0.1) is 0 Å². The molecule has 0 aliphatic rings.